The number of aromatic nitrogens is 1. The molecule has 7 nitrogen and oxygen atoms in total. The van der Waals surface area contributed by atoms with Crippen molar-refractivity contribution < 1.29 is 18.4 Å². The Labute approximate surface area is 231 Å². The smallest absolute Gasteiger partial charge is 0.252 e. The van der Waals surface area contributed by atoms with Gasteiger partial charge in [-0.1, -0.05) is 44.2 Å². The number of furan rings is 1. The number of pyridine rings is 1. The van der Waals surface area contributed by atoms with Gasteiger partial charge >= 0.3 is 0 Å². The molecule has 0 atom stereocenters. The number of carbonyl (C=O) groups is 2. The molecule has 0 bridgehead atoms. The number of nitrogens with one attached hydrogen (secondary N) is 1. The van der Waals surface area contributed by atoms with Gasteiger partial charge in [-0.05, 0) is 64.6 Å². The molecule has 0 fully saturated rings. The molecule has 2 heterocycles. The minimum absolute atomic E-state index is 0.211. The van der Waals surface area contributed by atoms with Crippen molar-refractivity contribution in [3.05, 3.63) is 107 Å². The quantitative estimate of drug-likeness (QED) is 0.226. The zero-order valence-electron chi connectivity index (χ0n) is 22.2. The second-order valence-corrected chi connectivity index (χ2v) is 10.1. The van der Waals surface area contributed by atoms with E-state index in [1.165, 1.54) is 12.1 Å². The molecule has 0 aliphatic heterocycles. The number of nitrogens with zero attached hydrogens (tertiary/aromatic N) is 1. The molecule has 5 N–H and O–H groups in total. The summed E-state index contributed by atoms with van der Waals surface area (Å²) in [7, 11) is 0. The van der Waals surface area contributed by atoms with E-state index in [0.717, 1.165) is 22.3 Å². The first-order valence-corrected chi connectivity index (χ1v) is 12.9. The number of nitrogen functional groups attached to an aromatic ring is 1. The first kappa shape index (κ1) is 26.6. The lowest BCUT2D eigenvalue weighted by molar-refractivity contribution is 0.0948. The van der Waals surface area contributed by atoms with Crippen LogP contribution in [0.5, 0.6) is 0 Å². The molecule has 5 aromatic rings. The number of fused-ring (bicyclic) bond motifs is 1. The summed E-state index contributed by atoms with van der Waals surface area (Å²) in [6.45, 7) is 4.58. The number of anilines is 1. The van der Waals surface area contributed by atoms with Gasteiger partial charge in [0.05, 0.1) is 11.3 Å². The summed E-state index contributed by atoms with van der Waals surface area (Å²) in [6.07, 6.45) is 3.51. The van der Waals surface area contributed by atoms with Gasteiger partial charge in [0.2, 0.25) is 0 Å². The Morgan fingerprint density at radius 3 is 2.38 bits per heavy atom. The molecular weight excluding hydrogens is 507 g/mol. The van der Waals surface area contributed by atoms with Crippen LogP contribution in [0.2, 0.25) is 0 Å². The van der Waals surface area contributed by atoms with Gasteiger partial charge in [0.1, 0.15) is 17.2 Å². The van der Waals surface area contributed by atoms with Crippen LogP contribution in [0.15, 0.2) is 83.5 Å². The highest BCUT2D eigenvalue weighted by molar-refractivity contribution is 6.08. The number of benzene rings is 3. The number of rotatable bonds is 8. The molecule has 8 heteroatoms. The Bertz CT molecular complexity index is 1720. The molecule has 0 spiro atoms. The van der Waals surface area contributed by atoms with Crippen molar-refractivity contribution in [2.45, 2.75) is 20.3 Å². The van der Waals surface area contributed by atoms with E-state index in [0.29, 0.717) is 40.1 Å². The highest BCUT2D eigenvalue weighted by Crippen LogP contribution is 2.34. The summed E-state index contributed by atoms with van der Waals surface area (Å²) in [5.41, 5.74) is 17.3. The summed E-state index contributed by atoms with van der Waals surface area (Å²) < 4.78 is 19.4. The predicted molar refractivity (Wildman–Crippen MR) is 154 cm³/mol. The van der Waals surface area contributed by atoms with E-state index < -0.39 is 5.91 Å². The molecule has 0 radical (unpaired) electrons. The summed E-state index contributed by atoms with van der Waals surface area (Å²) in [6, 6.07) is 18.8. The number of hydrogen-bond acceptors (Lipinski definition) is 5. The fourth-order valence-corrected chi connectivity index (χ4v) is 4.67. The molecule has 3 aromatic carbocycles. The summed E-state index contributed by atoms with van der Waals surface area (Å²) in [5, 5.41) is 3.56. The Morgan fingerprint density at radius 1 is 0.950 bits per heavy atom. The highest BCUT2D eigenvalue weighted by atomic mass is 19.1. The van der Waals surface area contributed by atoms with Gasteiger partial charge in [0.15, 0.2) is 0 Å². The van der Waals surface area contributed by atoms with Gasteiger partial charge in [0.25, 0.3) is 11.8 Å². The maximum absolute atomic E-state index is 13.4. The lowest BCUT2D eigenvalue weighted by Crippen LogP contribution is -2.27. The van der Waals surface area contributed by atoms with Crippen LogP contribution in [0.3, 0.4) is 0 Å². The maximum Gasteiger partial charge on any atom is 0.252 e. The van der Waals surface area contributed by atoms with Crippen molar-refractivity contribution >= 4 is 28.5 Å². The molecule has 202 valence electrons. The minimum atomic E-state index is -0.619. The first-order chi connectivity index (χ1) is 19.2. The Morgan fingerprint density at radius 2 is 1.68 bits per heavy atom. The third kappa shape index (κ3) is 5.56. The molecule has 40 heavy (non-hydrogen) atoms. The van der Waals surface area contributed by atoms with Gasteiger partial charge in [-0.25, -0.2) is 4.39 Å². The standard InChI is InChI=1S/C32H29FN4O3/c1-18(2)15-37-32(39)26-13-20(5-9-25(26)22-12-24(34)17-36-16-22)21-6-10-28-27(14-21)30(31(35)38)29(40-28)11-19-3-7-23(33)8-4-19/h3-10,12-14,16-18H,11,15,34H2,1-2H3,(H2,35,38)(H,37,39). The second-order valence-electron chi connectivity index (χ2n) is 10.1. The van der Waals surface area contributed by atoms with Crippen LogP contribution in [0.25, 0.3) is 33.2 Å². The third-order valence-corrected chi connectivity index (χ3v) is 6.62. The van der Waals surface area contributed by atoms with Gasteiger partial charge in [-0.2, -0.15) is 0 Å². The molecule has 0 unspecified atom stereocenters. The minimum Gasteiger partial charge on any atom is -0.460 e. The zero-order chi connectivity index (χ0) is 28.4. The maximum atomic E-state index is 13.4. The zero-order valence-corrected chi connectivity index (χ0v) is 22.2. The van der Waals surface area contributed by atoms with Gasteiger partial charge in [-0.3, -0.25) is 14.6 Å². The van der Waals surface area contributed by atoms with E-state index in [2.05, 4.69) is 10.3 Å². The van der Waals surface area contributed by atoms with Gasteiger partial charge < -0.3 is 21.2 Å². The summed E-state index contributed by atoms with van der Waals surface area (Å²) >= 11 is 0. The lowest BCUT2D eigenvalue weighted by Gasteiger charge is -2.14. The number of amides is 2. The van der Waals surface area contributed by atoms with Crippen LogP contribution >= 0.6 is 0 Å². The molecule has 5 rings (SSSR count). The molecule has 0 aliphatic rings. The number of nitrogens with two attached hydrogens (primary N) is 2. The largest absolute Gasteiger partial charge is 0.460 e. The molecule has 0 aliphatic carbocycles. The number of halogens is 1. The molecule has 2 amide bonds. The van der Waals surface area contributed by atoms with Crippen LogP contribution < -0.4 is 16.8 Å². The SMILES string of the molecule is CC(C)CNC(=O)c1cc(-c2ccc3oc(Cc4ccc(F)cc4)c(C(N)=O)c3c2)ccc1-c1cncc(N)c1. The van der Waals surface area contributed by atoms with Gasteiger partial charge in [-0.15, -0.1) is 0 Å². The first-order valence-electron chi connectivity index (χ1n) is 12.9. The molecule has 0 saturated carbocycles. The van der Waals surface area contributed by atoms with Crippen molar-refractivity contribution in [2.24, 2.45) is 11.7 Å². The number of primary amides is 1. The van der Waals surface area contributed by atoms with E-state index >= 15 is 0 Å². The van der Waals surface area contributed by atoms with Crippen molar-refractivity contribution in [1.82, 2.24) is 10.3 Å². The lowest BCUT2D eigenvalue weighted by atomic mass is 9.94. The van der Waals surface area contributed by atoms with Crippen LogP contribution in [-0.2, 0) is 6.42 Å². The van der Waals surface area contributed by atoms with Crippen molar-refractivity contribution in [3.63, 3.8) is 0 Å². The molecular formula is C32H29FN4O3. The van der Waals surface area contributed by atoms with E-state index in [9.17, 15) is 14.0 Å². The van der Waals surface area contributed by atoms with Crippen LogP contribution in [0, 0.1) is 11.7 Å². The van der Waals surface area contributed by atoms with Crippen molar-refractivity contribution in [3.8, 4) is 22.3 Å². The summed E-state index contributed by atoms with van der Waals surface area (Å²) in [4.78, 5) is 30.0. The van der Waals surface area contributed by atoms with E-state index in [1.54, 1.807) is 36.7 Å². The van der Waals surface area contributed by atoms with Gasteiger partial charge in [0, 0.05) is 41.9 Å². The third-order valence-electron chi connectivity index (χ3n) is 6.62. The number of hydrogen-bond donors (Lipinski definition) is 3. The van der Waals surface area contributed by atoms with Crippen LogP contribution in [0.4, 0.5) is 10.1 Å². The Balaban J connectivity index is 1.58. The topological polar surface area (TPSA) is 124 Å². The summed E-state index contributed by atoms with van der Waals surface area (Å²) in [5.74, 6) is -0.486. The predicted octanol–water partition coefficient (Wildman–Crippen LogP) is 5.96. The second kappa shape index (κ2) is 11.0. The van der Waals surface area contributed by atoms with E-state index in [1.807, 2.05) is 44.2 Å². The van der Waals surface area contributed by atoms with Crippen LogP contribution in [0.1, 0.15) is 45.9 Å². The Kier molecular flexibility index (Phi) is 7.33. The normalized spacial score (nSPS) is 11.2. The average molecular weight is 537 g/mol. The highest BCUT2D eigenvalue weighted by Gasteiger charge is 2.21. The monoisotopic (exact) mass is 536 g/mol. The Hall–Kier alpha value is -4.98. The molecule has 0 saturated heterocycles. The molecule has 2 aromatic heterocycles. The average Bonchev–Trinajstić information content (AvgIpc) is 3.30. The van der Waals surface area contributed by atoms with Crippen molar-refractivity contribution in [1.29, 1.82) is 0 Å². The fraction of sp³-hybridized carbons (Fsp3) is 0.156. The van der Waals surface area contributed by atoms with E-state index in [4.69, 9.17) is 15.9 Å². The number of carbonyl (C=O) groups excluding carboxylic acids is 2. The van der Waals surface area contributed by atoms with E-state index in [-0.39, 0.29) is 29.6 Å². The fourth-order valence-electron chi connectivity index (χ4n) is 4.67. The van der Waals surface area contributed by atoms with Crippen LogP contribution in [-0.4, -0.2) is 23.3 Å². The van der Waals surface area contributed by atoms with Crippen molar-refractivity contribution in [2.75, 3.05) is 12.3 Å².